The van der Waals surface area contributed by atoms with Crippen molar-refractivity contribution in [2.75, 3.05) is 36.4 Å². The molecular formula is C29H36N4O. The number of piperazine rings is 1. The topological polar surface area (TPSA) is 51.4 Å². The predicted octanol–water partition coefficient (Wildman–Crippen LogP) is 5.23. The molecule has 6 rings (SSSR count). The summed E-state index contributed by atoms with van der Waals surface area (Å²) in [5.74, 6) is 0.736. The monoisotopic (exact) mass is 456 g/mol. The number of H-pyrrole nitrogens is 1. The highest BCUT2D eigenvalue weighted by Crippen LogP contribution is 2.33. The van der Waals surface area contributed by atoms with Crippen LogP contribution in [0.1, 0.15) is 44.1 Å². The Kier molecular flexibility index (Phi) is 6.04. The quantitative estimate of drug-likeness (QED) is 0.552. The summed E-state index contributed by atoms with van der Waals surface area (Å²) in [6.45, 7) is 3.77. The van der Waals surface area contributed by atoms with E-state index >= 15 is 0 Å². The van der Waals surface area contributed by atoms with E-state index in [0.717, 1.165) is 51.9 Å². The van der Waals surface area contributed by atoms with E-state index in [1.807, 2.05) is 6.20 Å². The standard InChI is InChI=1S/C29H36N4O/c34-29(23-8-2-1-3-9-23)28(25-14-13-21-7-4-5-11-24(21)31-25)33-19-17-32(18-20-33)26-12-6-10-22-15-16-30-27(22)26/h4-7,10-12,15-16,23,25,28,30-31H,1-3,8-9,13-14,17-20H2. The van der Waals surface area contributed by atoms with Gasteiger partial charge in [-0.1, -0.05) is 49.6 Å². The highest BCUT2D eigenvalue weighted by atomic mass is 16.1. The lowest BCUT2D eigenvalue weighted by Gasteiger charge is -2.45. The van der Waals surface area contributed by atoms with E-state index in [0.29, 0.717) is 5.78 Å². The number of Topliss-reactive ketones (excluding diaryl/α,β-unsaturated/α-hetero) is 1. The zero-order valence-electron chi connectivity index (χ0n) is 20.0. The first-order valence-corrected chi connectivity index (χ1v) is 13.2. The lowest BCUT2D eigenvalue weighted by atomic mass is 9.80. The maximum Gasteiger partial charge on any atom is 0.155 e. The Hall–Kier alpha value is -2.79. The van der Waals surface area contributed by atoms with Gasteiger partial charge in [-0.05, 0) is 49.4 Å². The van der Waals surface area contributed by atoms with Gasteiger partial charge in [0.05, 0.1) is 17.2 Å². The number of nitrogens with zero attached hydrogens (tertiary/aromatic N) is 2. The summed E-state index contributed by atoms with van der Waals surface area (Å²) in [7, 11) is 0. The molecular weight excluding hydrogens is 420 g/mol. The van der Waals surface area contributed by atoms with Gasteiger partial charge in [-0.3, -0.25) is 9.69 Å². The van der Waals surface area contributed by atoms with E-state index in [1.165, 1.54) is 47.1 Å². The maximum absolute atomic E-state index is 14.0. The molecule has 1 saturated heterocycles. The van der Waals surface area contributed by atoms with Crippen molar-refractivity contribution in [3.63, 3.8) is 0 Å². The van der Waals surface area contributed by atoms with Crippen LogP contribution in [0.15, 0.2) is 54.7 Å². The highest BCUT2D eigenvalue weighted by molar-refractivity contribution is 5.91. The van der Waals surface area contributed by atoms with Crippen LogP contribution < -0.4 is 10.2 Å². The second-order valence-corrected chi connectivity index (χ2v) is 10.4. The predicted molar refractivity (Wildman–Crippen MR) is 140 cm³/mol. The zero-order valence-corrected chi connectivity index (χ0v) is 20.0. The van der Waals surface area contributed by atoms with Gasteiger partial charge >= 0.3 is 0 Å². The van der Waals surface area contributed by atoms with E-state index in [9.17, 15) is 4.79 Å². The van der Waals surface area contributed by atoms with Gasteiger partial charge in [0, 0.05) is 55.4 Å². The van der Waals surface area contributed by atoms with Crippen molar-refractivity contribution >= 4 is 28.1 Å². The SMILES string of the molecule is O=C(C1CCCCC1)C(C1CCc2ccccc2N1)N1CCN(c2cccc3cc[nH]c23)CC1. The van der Waals surface area contributed by atoms with E-state index in [4.69, 9.17) is 0 Å². The number of nitrogens with one attached hydrogen (secondary N) is 2. The Balaban J connectivity index is 1.22. The van der Waals surface area contributed by atoms with E-state index in [-0.39, 0.29) is 18.0 Å². The molecule has 3 heterocycles. The zero-order chi connectivity index (χ0) is 22.9. The molecule has 1 saturated carbocycles. The first kappa shape index (κ1) is 21.7. The number of hydrogen-bond donors (Lipinski definition) is 2. The molecule has 5 nitrogen and oxygen atoms in total. The van der Waals surface area contributed by atoms with Gasteiger partial charge in [0.1, 0.15) is 0 Å². The summed E-state index contributed by atoms with van der Waals surface area (Å²) in [4.78, 5) is 22.4. The fourth-order valence-corrected chi connectivity index (χ4v) is 6.53. The second kappa shape index (κ2) is 9.46. The van der Waals surface area contributed by atoms with Crippen molar-refractivity contribution in [3.8, 4) is 0 Å². The van der Waals surface area contributed by atoms with E-state index < -0.39 is 0 Å². The molecule has 1 aliphatic carbocycles. The molecule has 3 aliphatic rings. The molecule has 5 heteroatoms. The smallest absolute Gasteiger partial charge is 0.155 e. The number of benzene rings is 2. The van der Waals surface area contributed by atoms with E-state index in [1.54, 1.807) is 0 Å². The molecule has 0 bridgehead atoms. The molecule has 2 aliphatic heterocycles. The van der Waals surface area contributed by atoms with Crippen LogP contribution in [0.25, 0.3) is 10.9 Å². The van der Waals surface area contributed by atoms with Gasteiger partial charge in [0.25, 0.3) is 0 Å². The summed E-state index contributed by atoms with van der Waals surface area (Å²) in [6, 6.07) is 17.5. The molecule has 1 aromatic heterocycles. The third kappa shape index (κ3) is 4.11. The number of aromatic nitrogens is 1. The molecule has 2 unspecified atom stereocenters. The fraction of sp³-hybridized carbons (Fsp3) is 0.483. The molecule has 2 fully saturated rings. The van der Waals surface area contributed by atoms with Gasteiger partial charge in [-0.15, -0.1) is 0 Å². The number of fused-ring (bicyclic) bond motifs is 2. The van der Waals surface area contributed by atoms with Crippen molar-refractivity contribution in [1.82, 2.24) is 9.88 Å². The van der Waals surface area contributed by atoms with Gasteiger partial charge < -0.3 is 15.2 Å². The largest absolute Gasteiger partial charge is 0.380 e. The summed E-state index contributed by atoms with van der Waals surface area (Å²) in [6.07, 6.45) is 9.96. The molecule has 2 atom stereocenters. The van der Waals surface area contributed by atoms with Crippen LogP contribution in [0.3, 0.4) is 0 Å². The van der Waals surface area contributed by atoms with Crippen LogP contribution >= 0.6 is 0 Å². The Morgan fingerprint density at radius 2 is 1.71 bits per heavy atom. The fourth-order valence-electron chi connectivity index (χ4n) is 6.53. The van der Waals surface area contributed by atoms with Crippen LogP contribution in [0.5, 0.6) is 0 Å². The Bertz CT molecular complexity index is 1140. The lowest BCUT2D eigenvalue weighted by Crippen LogP contribution is -2.60. The van der Waals surface area contributed by atoms with Crippen molar-refractivity contribution in [2.45, 2.75) is 57.0 Å². The number of hydrogen-bond acceptors (Lipinski definition) is 4. The molecule has 34 heavy (non-hydrogen) atoms. The van der Waals surface area contributed by atoms with Crippen molar-refractivity contribution < 1.29 is 4.79 Å². The number of rotatable bonds is 5. The second-order valence-electron chi connectivity index (χ2n) is 10.4. The Labute approximate surface area is 202 Å². The average molecular weight is 457 g/mol. The lowest BCUT2D eigenvalue weighted by molar-refractivity contribution is -0.130. The van der Waals surface area contributed by atoms with Gasteiger partial charge in [0.2, 0.25) is 0 Å². The maximum atomic E-state index is 14.0. The van der Waals surface area contributed by atoms with Crippen LogP contribution in [0, 0.1) is 5.92 Å². The third-order valence-corrected chi connectivity index (χ3v) is 8.38. The first-order valence-electron chi connectivity index (χ1n) is 13.2. The summed E-state index contributed by atoms with van der Waals surface area (Å²) in [5, 5.41) is 5.06. The molecule has 0 spiro atoms. The van der Waals surface area contributed by atoms with E-state index in [2.05, 4.69) is 68.6 Å². The number of para-hydroxylation sites is 2. The van der Waals surface area contributed by atoms with Gasteiger partial charge in [0.15, 0.2) is 5.78 Å². The van der Waals surface area contributed by atoms with Gasteiger partial charge in [-0.2, -0.15) is 0 Å². The minimum Gasteiger partial charge on any atom is -0.380 e. The Morgan fingerprint density at radius 1 is 0.882 bits per heavy atom. The van der Waals surface area contributed by atoms with Crippen LogP contribution in [-0.2, 0) is 11.2 Å². The molecule has 178 valence electrons. The number of carbonyl (C=O) groups excluding carboxylic acids is 1. The third-order valence-electron chi connectivity index (χ3n) is 8.38. The normalized spacial score (nSPS) is 22.8. The summed E-state index contributed by atoms with van der Waals surface area (Å²) in [5.41, 5.74) is 5.10. The Morgan fingerprint density at radius 3 is 2.56 bits per heavy atom. The molecule has 0 amide bonds. The number of aryl methyl sites for hydroxylation is 1. The first-order chi connectivity index (χ1) is 16.8. The summed E-state index contributed by atoms with van der Waals surface area (Å²) < 4.78 is 0. The van der Waals surface area contributed by atoms with Crippen LogP contribution in [-0.4, -0.2) is 53.9 Å². The van der Waals surface area contributed by atoms with Crippen molar-refractivity contribution in [1.29, 1.82) is 0 Å². The van der Waals surface area contributed by atoms with Gasteiger partial charge in [-0.25, -0.2) is 0 Å². The van der Waals surface area contributed by atoms with Crippen LogP contribution in [0.4, 0.5) is 11.4 Å². The molecule has 2 aromatic carbocycles. The minimum absolute atomic E-state index is 0.0279. The van der Waals surface area contributed by atoms with Crippen molar-refractivity contribution in [3.05, 3.63) is 60.3 Å². The summed E-state index contributed by atoms with van der Waals surface area (Å²) >= 11 is 0. The number of ketones is 1. The van der Waals surface area contributed by atoms with Crippen LogP contribution in [0.2, 0.25) is 0 Å². The average Bonchev–Trinajstić information content (AvgIpc) is 3.39. The van der Waals surface area contributed by atoms with Crippen molar-refractivity contribution in [2.24, 2.45) is 5.92 Å². The molecule has 3 aromatic rings. The number of aromatic amines is 1. The molecule has 0 radical (unpaired) electrons. The number of anilines is 2. The minimum atomic E-state index is -0.0279. The molecule has 2 N–H and O–H groups in total. The number of carbonyl (C=O) groups is 1. The highest BCUT2D eigenvalue weighted by Gasteiger charge is 2.40.